The first-order chi connectivity index (χ1) is 13.3. The lowest BCUT2D eigenvalue weighted by atomic mass is 10.2. The first kappa shape index (κ1) is 16.9. The summed E-state index contributed by atoms with van der Waals surface area (Å²) >= 11 is 1.53. The normalized spacial score (nSPS) is 10.4. The van der Waals surface area contributed by atoms with Crippen molar-refractivity contribution < 1.29 is 4.79 Å². The van der Waals surface area contributed by atoms with E-state index in [1.807, 2.05) is 41.8 Å². The molecule has 0 unspecified atom stereocenters. The summed E-state index contributed by atoms with van der Waals surface area (Å²) in [6.07, 6.45) is 6.67. The Balaban J connectivity index is 1.41. The van der Waals surface area contributed by atoms with Crippen molar-refractivity contribution in [1.29, 1.82) is 0 Å². The van der Waals surface area contributed by atoms with Gasteiger partial charge in [0.05, 0.1) is 11.3 Å². The van der Waals surface area contributed by atoms with Gasteiger partial charge in [-0.05, 0) is 48.5 Å². The fourth-order valence-corrected chi connectivity index (χ4v) is 3.19. The molecule has 1 aromatic carbocycles. The highest BCUT2D eigenvalue weighted by molar-refractivity contribution is 7.14. The molecular weight excluding hydrogens is 358 g/mol. The van der Waals surface area contributed by atoms with E-state index >= 15 is 0 Å². The maximum Gasteiger partial charge on any atom is 0.257 e. The molecule has 0 bridgehead atoms. The molecule has 0 fully saturated rings. The van der Waals surface area contributed by atoms with E-state index in [4.69, 9.17) is 0 Å². The van der Waals surface area contributed by atoms with Crippen molar-refractivity contribution in [3.63, 3.8) is 0 Å². The topological polar surface area (TPSA) is 79.8 Å². The number of carbonyl (C=O) groups is 1. The summed E-state index contributed by atoms with van der Waals surface area (Å²) < 4.78 is 0. The molecule has 7 heteroatoms. The van der Waals surface area contributed by atoms with Gasteiger partial charge >= 0.3 is 0 Å². The second-order valence-electron chi connectivity index (χ2n) is 5.67. The van der Waals surface area contributed by atoms with Crippen LogP contribution in [0.1, 0.15) is 10.4 Å². The molecule has 6 nitrogen and oxygen atoms in total. The average Bonchev–Trinajstić information content (AvgIpc) is 3.19. The first-order valence-corrected chi connectivity index (χ1v) is 9.10. The zero-order chi connectivity index (χ0) is 18.5. The van der Waals surface area contributed by atoms with Gasteiger partial charge in [0.15, 0.2) is 5.13 Å². The Labute approximate surface area is 160 Å². The highest BCUT2D eigenvalue weighted by atomic mass is 32.1. The van der Waals surface area contributed by atoms with E-state index in [9.17, 15) is 4.79 Å². The monoisotopic (exact) mass is 373 g/mol. The average molecular weight is 373 g/mol. The number of anilines is 3. The number of amides is 1. The van der Waals surface area contributed by atoms with E-state index < -0.39 is 0 Å². The Kier molecular flexibility index (Phi) is 4.84. The third-order valence-corrected chi connectivity index (χ3v) is 4.56. The molecule has 0 atom stereocenters. The maximum atomic E-state index is 12.1. The molecular formula is C20H15N5OS. The smallest absolute Gasteiger partial charge is 0.257 e. The Bertz CT molecular complexity index is 1030. The lowest BCUT2D eigenvalue weighted by Crippen LogP contribution is -2.11. The van der Waals surface area contributed by atoms with Crippen LogP contribution in [0.25, 0.3) is 11.3 Å². The first-order valence-electron chi connectivity index (χ1n) is 8.22. The second-order valence-corrected chi connectivity index (χ2v) is 6.53. The van der Waals surface area contributed by atoms with E-state index in [1.165, 1.54) is 17.5 Å². The second kappa shape index (κ2) is 7.76. The van der Waals surface area contributed by atoms with Crippen molar-refractivity contribution in [3.05, 3.63) is 84.3 Å². The van der Waals surface area contributed by atoms with Gasteiger partial charge in [0, 0.05) is 47.1 Å². The van der Waals surface area contributed by atoms with Gasteiger partial charge in [-0.15, -0.1) is 11.3 Å². The Morgan fingerprint density at radius 3 is 2.41 bits per heavy atom. The zero-order valence-electron chi connectivity index (χ0n) is 14.2. The zero-order valence-corrected chi connectivity index (χ0v) is 15.0. The van der Waals surface area contributed by atoms with Gasteiger partial charge in [-0.2, -0.15) is 0 Å². The fourth-order valence-electron chi connectivity index (χ4n) is 2.45. The van der Waals surface area contributed by atoms with Gasteiger partial charge in [-0.25, -0.2) is 4.98 Å². The largest absolute Gasteiger partial charge is 0.332 e. The molecule has 1 amide bonds. The van der Waals surface area contributed by atoms with Crippen molar-refractivity contribution in [1.82, 2.24) is 15.0 Å². The molecule has 3 heterocycles. The summed E-state index contributed by atoms with van der Waals surface area (Å²) in [5.41, 5.74) is 4.06. The number of nitrogens with zero attached hydrogens (tertiary/aromatic N) is 3. The van der Waals surface area contributed by atoms with Gasteiger partial charge in [0.2, 0.25) is 0 Å². The van der Waals surface area contributed by atoms with E-state index in [-0.39, 0.29) is 5.91 Å². The van der Waals surface area contributed by atoms with E-state index in [0.717, 1.165) is 22.1 Å². The number of hydrogen-bond donors (Lipinski definition) is 2. The molecule has 0 radical (unpaired) electrons. The summed E-state index contributed by atoms with van der Waals surface area (Å²) in [7, 11) is 0. The van der Waals surface area contributed by atoms with Crippen LogP contribution < -0.4 is 10.6 Å². The predicted molar refractivity (Wildman–Crippen MR) is 107 cm³/mol. The molecule has 0 aliphatic heterocycles. The van der Waals surface area contributed by atoms with Crippen molar-refractivity contribution in [3.8, 4) is 11.3 Å². The van der Waals surface area contributed by atoms with E-state index in [1.54, 1.807) is 30.7 Å². The molecule has 2 N–H and O–H groups in total. The van der Waals surface area contributed by atoms with Crippen LogP contribution in [0.5, 0.6) is 0 Å². The predicted octanol–water partition coefficient (Wildman–Crippen LogP) is 4.60. The summed E-state index contributed by atoms with van der Waals surface area (Å²) in [6.45, 7) is 0. The van der Waals surface area contributed by atoms with E-state index in [2.05, 4.69) is 25.6 Å². The fraction of sp³-hybridized carbons (Fsp3) is 0. The highest BCUT2D eigenvalue weighted by Crippen LogP contribution is 2.27. The van der Waals surface area contributed by atoms with Crippen LogP contribution in [0.15, 0.2) is 78.7 Å². The van der Waals surface area contributed by atoms with Gasteiger partial charge in [0.1, 0.15) is 0 Å². The lowest BCUT2D eigenvalue weighted by molar-refractivity contribution is 0.102. The molecule has 132 valence electrons. The number of carbonyl (C=O) groups excluding carboxylic acids is 1. The molecule has 0 saturated heterocycles. The molecule has 0 aliphatic carbocycles. The van der Waals surface area contributed by atoms with Gasteiger partial charge in [0.25, 0.3) is 5.91 Å². The van der Waals surface area contributed by atoms with Crippen LogP contribution >= 0.6 is 11.3 Å². The number of pyridine rings is 2. The highest BCUT2D eigenvalue weighted by Gasteiger charge is 2.07. The van der Waals surface area contributed by atoms with Crippen LogP contribution in [0.2, 0.25) is 0 Å². The molecule has 27 heavy (non-hydrogen) atoms. The van der Waals surface area contributed by atoms with Crippen molar-refractivity contribution >= 4 is 33.8 Å². The Morgan fingerprint density at radius 2 is 1.67 bits per heavy atom. The van der Waals surface area contributed by atoms with Crippen LogP contribution in [-0.4, -0.2) is 20.9 Å². The minimum absolute atomic E-state index is 0.189. The number of hydrogen-bond acceptors (Lipinski definition) is 6. The molecule has 0 saturated carbocycles. The summed E-state index contributed by atoms with van der Waals surface area (Å²) in [4.78, 5) is 24.7. The van der Waals surface area contributed by atoms with Gasteiger partial charge in [-0.3, -0.25) is 14.8 Å². The van der Waals surface area contributed by atoms with Crippen LogP contribution in [0, 0.1) is 0 Å². The molecule has 3 aromatic heterocycles. The number of rotatable bonds is 5. The SMILES string of the molecule is O=C(Nc1ccc(Nc2nc(-c3ccncc3)cs2)cc1)c1cccnc1. The summed E-state index contributed by atoms with van der Waals surface area (Å²) in [5.74, 6) is -0.189. The van der Waals surface area contributed by atoms with Crippen molar-refractivity contribution in [2.75, 3.05) is 10.6 Å². The maximum absolute atomic E-state index is 12.1. The third-order valence-electron chi connectivity index (χ3n) is 3.80. The number of thiazole rings is 1. The Morgan fingerprint density at radius 1 is 0.889 bits per heavy atom. The summed E-state index contributed by atoms with van der Waals surface area (Å²) in [6, 6.07) is 14.8. The quantitative estimate of drug-likeness (QED) is 0.535. The standard InChI is InChI=1S/C20H15N5OS/c26-19(15-2-1-9-22-12-15)23-16-3-5-17(6-4-16)24-20-25-18(13-27-20)14-7-10-21-11-8-14/h1-13H,(H,23,26)(H,24,25). The van der Waals surface area contributed by atoms with Crippen LogP contribution in [0.4, 0.5) is 16.5 Å². The minimum atomic E-state index is -0.189. The van der Waals surface area contributed by atoms with Crippen molar-refractivity contribution in [2.24, 2.45) is 0 Å². The van der Waals surface area contributed by atoms with Crippen molar-refractivity contribution in [2.45, 2.75) is 0 Å². The van der Waals surface area contributed by atoms with Gasteiger partial charge in [-0.1, -0.05) is 0 Å². The minimum Gasteiger partial charge on any atom is -0.332 e. The third kappa shape index (κ3) is 4.16. The number of benzene rings is 1. The number of aromatic nitrogens is 3. The molecule has 4 aromatic rings. The Hall–Kier alpha value is -3.58. The van der Waals surface area contributed by atoms with E-state index in [0.29, 0.717) is 11.3 Å². The van der Waals surface area contributed by atoms with Crippen LogP contribution in [0.3, 0.4) is 0 Å². The van der Waals surface area contributed by atoms with Crippen LogP contribution in [-0.2, 0) is 0 Å². The van der Waals surface area contributed by atoms with Gasteiger partial charge < -0.3 is 10.6 Å². The lowest BCUT2D eigenvalue weighted by Gasteiger charge is -2.07. The molecule has 0 aliphatic rings. The summed E-state index contributed by atoms with van der Waals surface area (Å²) in [5, 5.41) is 8.92. The molecule has 0 spiro atoms. The number of nitrogens with one attached hydrogen (secondary N) is 2. The molecule has 4 rings (SSSR count).